The largest absolute Gasteiger partial charge is 0.352 e. The fourth-order valence-corrected chi connectivity index (χ4v) is 3.56. The van der Waals surface area contributed by atoms with Gasteiger partial charge in [-0.3, -0.25) is 4.79 Å². The van der Waals surface area contributed by atoms with Gasteiger partial charge in [0.1, 0.15) is 0 Å². The lowest BCUT2D eigenvalue weighted by molar-refractivity contribution is 0.0758. The molecule has 0 saturated carbocycles. The highest BCUT2D eigenvalue weighted by atomic mass is 16.2. The second kappa shape index (κ2) is 7.00. The molecule has 6 nitrogen and oxygen atoms in total. The van der Waals surface area contributed by atoms with Gasteiger partial charge in [0.25, 0.3) is 5.91 Å². The summed E-state index contributed by atoms with van der Waals surface area (Å²) in [4.78, 5) is 25.4. The highest BCUT2D eigenvalue weighted by Gasteiger charge is 2.31. The maximum absolute atomic E-state index is 12.7. The third kappa shape index (κ3) is 3.82. The fraction of sp³-hybridized carbons (Fsp3) is 0.529. The van der Waals surface area contributed by atoms with Crippen molar-refractivity contribution in [3.63, 3.8) is 0 Å². The molecular weight excluding hydrogens is 292 g/mol. The first kappa shape index (κ1) is 15.8. The minimum Gasteiger partial charge on any atom is -0.352 e. The first-order valence-electron chi connectivity index (χ1n) is 8.25. The van der Waals surface area contributed by atoms with E-state index < -0.39 is 6.03 Å². The summed E-state index contributed by atoms with van der Waals surface area (Å²) >= 11 is 0. The van der Waals surface area contributed by atoms with Gasteiger partial charge in [0.05, 0.1) is 0 Å². The minimum atomic E-state index is -0.547. The molecule has 0 aliphatic carbocycles. The quantitative estimate of drug-likeness (QED) is 0.775. The maximum atomic E-state index is 12.7. The number of nitrogens with one attached hydrogen (secondary N) is 2. The second-order valence-electron chi connectivity index (χ2n) is 6.46. The van der Waals surface area contributed by atoms with E-state index in [1.807, 2.05) is 29.2 Å². The Bertz CT molecular complexity index is 558. The van der Waals surface area contributed by atoms with E-state index >= 15 is 0 Å². The Morgan fingerprint density at radius 3 is 2.30 bits per heavy atom. The van der Waals surface area contributed by atoms with Crippen molar-refractivity contribution in [3.05, 3.63) is 35.4 Å². The number of urea groups is 1. The number of nitrogens with zero attached hydrogens (tertiary/aromatic N) is 1. The SMILES string of the molecule is NC(=O)NCc1ccc(C(=O)N2CC[C@@H]3CNC[C@@H]3CC2)cc1. The van der Waals surface area contributed by atoms with Crippen molar-refractivity contribution < 1.29 is 9.59 Å². The summed E-state index contributed by atoms with van der Waals surface area (Å²) in [6.07, 6.45) is 2.17. The summed E-state index contributed by atoms with van der Waals surface area (Å²) < 4.78 is 0. The zero-order valence-corrected chi connectivity index (χ0v) is 13.3. The van der Waals surface area contributed by atoms with Crippen LogP contribution in [-0.4, -0.2) is 43.0 Å². The van der Waals surface area contributed by atoms with Gasteiger partial charge in [-0.2, -0.15) is 0 Å². The predicted octanol–water partition coefficient (Wildman–Crippen LogP) is 0.926. The van der Waals surface area contributed by atoms with Crippen molar-refractivity contribution in [2.24, 2.45) is 17.6 Å². The van der Waals surface area contributed by atoms with Crippen molar-refractivity contribution >= 4 is 11.9 Å². The number of fused-ring (bicyclic) bond motifs is 1. The van der Waals surface area contributed by atoms with Gasteiger partial charge in [0, 0.05) is 25.2 Å². The van der Waals surface area contributed by atoms with Gasteiger partial charge in [-0.25, -0.2) is 4.79 Å². The van der Waals surface area contributed by atoms with Crippen molar-refractivity contribution in [1.82, 2.24) is 15.5 Å². The van der Waals surface area contributed by atoms with E-state index in [0.717, 1.165) is 56.4 Å². The van der Waals surface area contributed by atoms with Gasteiger partial charge >= 0.3 is 6.03 Å². The standard InChI is InChI=1S/C17H24N4O2/c18-17(23)20-9-12-1-3-13(4-2-12)16(22)21-7-5-14-10-19-11-15(14)6-8-21/h1-4,14-15,19H,5-11H2,(H3,18,20,23)/t14-,15+. The molecule has 2 atom stereocenters. The predicted molar refractivity (Wildman–Crippen MR) is 87.9 cm³/mol. The van der Waals surface area contributed by atoms with Crippen LogP contribution in [-0.2, 0) is 6.54 Å². The van der Waals surface area contributed by atoms with Crippen LogP contribution in [0.3, 0.4) is 0 Å². The average Bonchev–Trinajstić information content (AvgIpc) is 2.91. The molecule has 0 aromatic heterocycles. The van der Waals surface area contributed by atoms with Crippen molar-refractivity contribution in [1.29, 1.82) is 0 Å². The van der Waals surface area contributed by atoms with E-state index in [4.69, 9.17) is 5.73 Å². The lowest BCUT2D eigenvalue weighted by Gasteiger charge is -2.21. The number of carbonyl (C=O) groups is 2. The number of amides is 3. The number of carbonyl (C=O) groups excluding carboxylic acids is 2. The van der Waals surface area contributed by atoms with E-state index in [9.17, 15) is 9.59 Å². The number of nitrogens with two attached hydrogens (primary N) is 1. The van der Waals surface area contributed by atoms with E-state index in [2.05, 4.69) is 10.6 Å². The smallest absolute Gasteiger partial charge is 0.312 e. The van der Waals surface area contributed by atoms with Gasteiger partial charge in [0.15, 0.2) is 0 Å². The van der Waals surface area contributed by atoms with E-state index in [1.165, 1.54) is 0 Å². The molecule has 2 fully saturated rings. The summed E-state index contributed by atoms with van der Waals surface area (Å²) in [5.74, 6) is 1.54. The second-order valence-corrected chi connectivity index (χ2v) is 6.46. The maximum Gasteiger partial charge on any atom is 0.312 e. The van der Waals surface area contributed by atoms with E-state index in [-0.39, 0.29) is 5.91 Å². The highest BCUT2D eigenvalue weighted by molar-refractivity contribution is 5.94. The number of likely N-dealkylation sites (tertiary alicyclic amines) is 1. The van der Waals surface area contributed by atoms with Gasteiger partial charge < -0.3 is 21.3 Å². The van der Waals surface area contributed by atoms with E-state index in [1.54, 1.807) is 0 Å². The molecule has 0 bridgehead atoms. The van der Waals surface area contributed by atoms with E-state index in [0.29, 0.717) is 12.1 Å². The molecule has 2 aliphatic heterocycles. The molecule has 0 spiro atoms. The molecule has 4 N–H and O–H groups in total. The zero-order valence-electron chi connectivity index (χ0n) is 13.3. The molecule has 2 saturated heterocycles. The Balaban J connectivity index is 1.60. The number of hydrogen-bond donors (Lipinski definition) is 3. The Morgan fingerprint density at radius 2 is 1.74 bits per heavy atom. The van der Waals surface area contributed by atoms with Crippen LogP contribution in [0.5, 0.6) is 0 Å². The summed E-state index contributed by atoms with van der Waals surface area (Å²) in [5.41, 5.74) is 6.69. The average molecular weight is 316 g/mol. The van der Waals surface area contributed by atoms with Crippen LogP contribution in [0.2, 0.25) is 0 Å². The van der Waals surface area contributed by atoms with Crippen LogP contribution >= 0.6 is 0 Å². The summed E-state index contributed by atoms with van der Waals surface area (Å²) in [7, 11) is 0. The highest BCUT2D eigenvalue weighted by Crippen LogP contribution is 2.27. The van der Waals surface area contributed by atoms with Gasteiger partial charge in [-0.15, -0.1) is 0 Å². The van der Waals surface area contributed by atoms with Gasteiger partial charge in [0.2, 0.25) is 0 Å². The van der Waals surface area contributed by atoms with Gasteiger partial charge in [-0.1, -0.05) is 12.1 Å². The lowest BCUT2D eigenvalue weighted by Crippen LogP contribution is -2.32. The topological polar surface area (TPSA) is 87.5 Å². The van der Waals surface area contributed by atoms with Crippen LogP contribution in [0.4, 0.5) is 4.79 Å². The molecule has 3 rings (SSSR count). The molecule has 0 radical (unpaired) electrons. The summed E-state index contributed by atoms with van der Waals surface area (Å²) in [6, 6.07) is 6.83. The van der Waals surface area contributed by atoms with Crippen molar-refractivity contribution in [3.8, 4) is 0 Å². The Hall–Kier alpha value is -2.08. The molecule has 6 heteroatoms. The molecule has 0 unspecified atom stereocenters. The molecule has 3 amide bonds. The lowest BCUT2D eigenvalue weighted by atomic mass is 9.92. The Labute approximate surface area is 136 Å². The third-order valence-electron chi connectivity index (χ3n) is 4.97. The molecule has 1 aromatic rings. The Kier molecular flexibility index (Phi) is 4.81. The summed E-state index contributed by atoms with van der Waals surface area (Å²) in [5, 5.41) is 5.99. The summed E-state index contributed by atoms with van der Waals surface area (Å²) in [6.45, 7) is 4.24. The molecule has 2 heterocycles. The Morgan fingerprint density at radius 1 is 1.13 bits per heavy atom. The van der Waals surface area contributed by atoms with Crippen molar-refractivity contribution in [2.75, 3.05) is 26.2 Å². The first-order chi connectivity index (χ1) is 11.1. The number of benzene rings is 1. The van der Waals surface area contributed by atoms with Gasteiger partial charge in [-0.05, 0) is 55.5 Å². The number of hydrogen-bond acceptors (Lipinski definition) is 3. The molecule has 2 aliphatic rings. The normalized spacial score (nSPS) is 23.9. The monoisotopic (exact) mass is 316 g/mol. The molecule has 124 valence electrons. The zero-order chi connectivity index (χ0) is 16.2. The molecular formula is C17H24N4O2. The minimum absolute atomic E-state index is 0.104. The fourth-order valence-electron chi connectivity index (χ4n) is 3.56. The van der Waals surface area contributed by atoms with Crippen LogP contribution in [0.1, 0.15) is 28.8 Å². The van der Waals surface area contributed by atoms with Crippen LogP contribution in [0.15, 0.2) is 24.3 Å². The molecule has 23 heavy (non-hydrogen) atoms. The van der Waals surface area contributed by atoms with Crippen molar-refractivity contribution in [2.45, 2.75) is 19.4 Å². The van der Waals surface area contributed by atoms with Crippen LogP contribution < -0.4 is 16.4 Å². The molecule has 1 aromatic carbocycles. The van der Waals surface area contributed by atoms with Crippen LogP contribution in [0.25, 0.3) is 0 Å². The number of rotatable bonds is 3. The number of primary amides is 1. The third-order valence-corrected chi connectivity index (χ3v) is 4.97. The van der Waals surface area contributed by atoms with Crippen LogP contribution in [0, 0.1) is 11.8 Å². The first-order valence-corrected chi connectivity index (χ1v) is 8.25.